The molecule has 4 nitrogen and oxygen atoms in total. The van der Waals surface area contributed by atoms with E-state index in [1.54, 1.807) is 0 Å². The molecule has 0 aliphatic heterocycles. The third-order valence-corrected chi connectivity index (χ3v) is 8.96. The zero-order valence-electron chi connectivity index (χ0n) is 24.4. The summed E-state index contributed by atoms with van der Waals surface area (Å²) in [6.07, 6.45) is 22.5. The molecule has 36 heavy (non-hydrogen) atoms. The maximum atomic E-state index is 12.7. The van der Waals surface area contributed by atoms with Crippen molar-refractivity contribution < 1.29 is 19.8 Å². The third kappa shape index (κ3) is 11.1. The topological polar surface area (TPSA) is 74.6 Å². The highest BCUT2D eigenvalue weighted by atomic mass is 16.4. The number of carboxylic acid groups (broad SMARTS) is 2. The summed E-state index contributed by atoms with van der Waals surface area (Å²) in [5.74, 6) is -0.157. The number of hydrogen-bond donors (Lipinski definition) is 2. The fourth-order valence-corrected chi connectivity index (χ4v) is 6.62. The maximum absolute atomic E-state index is 12.7. The molecule has 1 aliphatic rings. The summed E-state index contributed by atoms with van der Waals surface area (Å²) in [5, 5.41) is 20.8. The van der Waals surface area contributed by atoms with Crippen LogP contribution >= 0.6 is 0 Å². The molecule has 0 heterocycles. The molecule has 2 unspecified atom stereocenters. The molecule has 1 rings (SSSR count). The zero-order chi connectivity index (χ0) is 26.9. The molecule has 0 saturated heterocycles. The van der Waals surface area contributed by atoms with Crippen molar-refractivity contribution in [3.63, 3.8) is 0 Å². The van der Waals surface area contributed by atoms with Gasteiger partial charge in [-0.3, -0.25) is 9.59 Å². The SMILES string of the molecule is CC(C)CCCCCCCCCC1(C(=O)O)CCCCC1(CCCCCCCCCC(C)C)C(=O)O. The molecule has 212 valence electrons. The van der Waals surface area contributed by atoms with Crippen molar-refractivity contribution in [1.29, 1.82) is 0 Å². The van der Waals surface area contributed by atoms with E-state index in [-0.39, 0.29) is 0 Å². The first kappa shape index (κ1) is 33.0. The average Bonchev–Trinajstić information content (AvgIpc) is 2.81. The zero-order valence-corrected chi connectivity index (χ0v) is 24.4. The molecule has 0 aromatic rings. The van der Waals surface area contributed by atoms with Gasteiger partial charge in [0.05, 0.1) is 10.8 Å². The first-order valence-corrected chi connectivity index (χ1v) is 15.6. The lowest BCUT2D eigenvalue weighted by Gasteiger charge is -2.49. The van der Waals surface area contributed by atoms with Crippen LogP contribution in [0.5, 0.6) is 0 Å². The highest BCUT2D eigenvalue weighted by Gasteiger charge is 2.61. The van der Waals surface area contributed by atoms with E-state index in [1.165, 1.54) is 64.2 Å². The fraction of sp³-hybridized carbons (Fsp3) is 0.938. The number of unbranched alkanes of at least 4 members (excludes halogenated alkanes) is 12. The quantitative estimate of drug-likeness (QED) is 0.143. The Morgan fingerprint density at radius 1 is 0.528 bits per heavy atom. The summed E-state index contributed by atoms with van der Waals surface area (Å²) in [7, 11) is 0. The molecule has 0 spiro atoms. The van der Waals surface area contributed by atoms with Crippen molar-refractivity contribution in [2.75, 3.05) is 0 Å². The van der Waals surface area contributed by atoms with Crippen LogP contribution in [0.3, 0.4) is 0 Å². The minimum absolute atomic E-state index is 0.526. The number of rotatable bonds is 22. The van der Waals surface area contributed by atoms with Crippen molar-refractivity contribution in [2.45, 2.75) is 169 Å². The van der Waals surface area contributed by atoms with Gasteiger partial charge >= 0.3 is 11.9 Å². The van der Waals surface area contributed by atoms with Crippen LogP contribution in [0, 0.1) is 22.7 Å². The number of hydrogen-bond acceptors (Lipinski definition) is 2. The number of aliphatic carboxylic acids is 2. The Morgan fingerprint density at radius 3 is 1.08 bits per heavy atom. The van der Waals surface area contributed by atoms with E-state index in [2.05, 4.69) is 27.7 Å². The van der Waals surface area contributed by atoms with Gasteiger partial charge in [-0.05, 0) is 37.5 Å². The van der Waals surface area contributed by atoms with Gasteiger partial charge in [0.1, 0.15) is 0 Å². The molecular formula is C32H60O4. The second-order valence-electron chi connectivity index (χ2n) is 12.8. The predicted molar refractivity (Wildman–Crippen MR) is 151 cm³/mol. The van der Waals surface area contributed by atoms with Gasteiger partial charge in [0, 0.05) is 0 Å². The van der Waals surface area contributed by atoms with Crippen molar-refractivity contribution in [3.05, 3.63) is 0 Å². The summed E-state index contributed by atoms with van der Waals surface area (Å²) in [4.78, 5) is 25.4. The van der Waals surface area contributed by atoms with E-state index in [0.717, 1.165) is 63.2 Å². The smallest absolute Gasteiger partial charge is 0.310 e. The van der Waals surface area contributed by atoms with Crippen LogP contribution in [0.1, 0.15) is 169 Å². The normalized spacial score (nSPS) is 22.4. The lowest BCUT2D eigenvalue weighted by molar-refractivity contribution is -0.182. The van der Waals surface area contributed by atoms with Gasteiger partial charge in [0.25, 0.3) is 0 Å². The monoisotopic (exact) mass is 508 g/mol. The van der Waals surface area contributed by atoms with Crippen molar-refractivity contribution >= 4 is 11.9 Å². The molecule has 0 bridgehead atoms. The van der Waals surface area contributed by atoms with Gasteiger partial charge in [-0.15, -0.1) is 0 Å². The molecule has 2 atom stereocenters. The third-order valence-electron chi connectivity index (χ3n) is 8.96. The van der Waals surface area contributed by atoms with E-state index in [0.29, 0.717) is 25.7 Å². The number of carbonyl (C=O) groups is 2. The second-order valence-corrected chi connectivity index (χ2v) is 12.8. The lowest BCUT2D eigenvalue weighted by Crippen LogP contribution is -2.54. The van der Waals surface area contributed by atoms with Crippen molar-refractivity contribution in [2.24, 2.45) is 22.7 Å². The van der Waals surface area contributed by atoms with Crippen LogP contribution in [0.25, 0.3) is 0 Å². The Kier molecular flexibility index (Phi) is 16.7. The molecule has 2 N–H and O–H groups in total. The molecule has 0 aromatic heterocycles. The van der Waals surface area contributed by atoms with Gasteiger partial charge in [-0.2, -0.15) is 0 Å². The minimum Gasteiger partial charge on any atom is -0.481 e. The van der Waals surface area contributed by atoms with Gasteiger partial charge in [-0.25, -0.2) is 0 Å². The van der Waals surface area contributed by atoms with Crippen LogP contribution in [0.15, 0.2) is 0 Å². The highest BCUT2D eigenvalue weighted by molar-refractivity contribution is 5.87. The van der Waals surface area contributed by atoms with E-state index in [9.17, 15) is 19.8 Å². The Hall–Kier alpha value is -1.06. The second kappa shape index (κ2) is 18.2. The van der Waals surface area contributed by atoms with Gasteiger partial charge < -0.3 is 10.2 Å². The first-order valence-electron chi connectivity index (χ1n) is 15.6. The highest BCUT2D eigenvalue weighted by Crippen LogP contribution is 2.57. The summed E-state index contributed by atoms with van der Waals surface area (Å²) in [6.45, 7) is 9.10. The Bertz CT molecular complexity index is 547. The molecule has 4 heteroatoms. The average molecular weight is 509 g/mol. The van der Waals surface area contributed by atoms with Gasteiger partial charge in [0.2, 0.25) is 0 Å². The molecule has 0 amide bonds. The van der Waals surface area contributed by atoms with Crippen molar-refractivity contribution in [3.8, 4) is 0 Å². The molecular weight excluding hydrogens is 448 g/mol. The molecule has 1 fully saturated rings. The fourth-order valence-electron chi connectivity index (χ4n) is 6.62. The van der Waals surface area contributed by atoms with E-state index >= 15 is 0 Å². The van der Waals surface area contributed by atoms with Crippen molar-refractivity contribution in [1.82, 2.24) is 0 Å². The van der Waals surface area contributed by atoms with E-state index in [4.69, 9.17) is 0 Å². The molecule has 1 saturated carbocycles. The van der Waals surface area contributed by atoms with E-state index < -0.39 is 22.8 Å². The van der Waals surface area contributed by atoms with Crippen LogP contribution < -0.4 is 0 Å². The largest absolute Gasteiger partial charge is 0.481 e. The molecule has 1 aliphatic carbocycles. The Balaban J connectivity index is 2.54. The standard InChI is InChI=1S/C32H60O4/c1-27(2)21-15-11-7-5-9-13-17-23-31(29(33)34)25-19-20-26-32(31,30(35)36)24-18-14-10-6-8-12-16-22-28(3)4/h27-28H,5-26H2,1-4H3,(H,33,34)(H,35,36). The summed E-state index contributed by atoms with van der Waals surface area (Å²) < 4.78 is 0. The number of carboxylic acids is 2. The van der Waals surface area contributed by atoms with Crippen LogP contribution in [0.2, 0.25) is 0 Å². The maximum Gasteiger partial charge on any atom is 0.310 e. The Labute approximate surface area is 223 Å². The molecule has 0 aromatic carbocycles. The van der Waals surface area contributed by atoms with Crippen LogP contribution in [-0.2, 0) is 9.59 Å². The van der Waals surface area contributed by atoms with Gasteiger partial charge in [-0.1, -0.05) is 143 Å². The summed E-state index contributed by atoms with van der Waals surface area (Å²) in [5.41, 5.74) is -2.18. The summed E-state index contributed by atoms with van der Waals surface area (Å²) in [6, 6.07) is 0. The predicted octanol–water partition coefficient (Wildman–Crippen LogP) is 10.0. The van der Waals surface area contributed by atoms with Crippen LogP contribution in [-0.4, -0.2) is 22.2 Å². The van der Waals surface area contributed by atoms with Gasteiger partial charge in [0.15, 0.2) is 0 Å². The molecule has 0 radical (unpaired) electrons. The lowest BCUT2D eigenvalue weighted by atomic mass is 9.52. The minimum atomic E-state index is -1.09. The van der Waals surface area contributed by atoms with E-state index in [1.807, 2.05) is 0 Å². The summed E-state index contributed by atoms with van der Waals surface area (Å²) >= 11 is 0. The Morgan fingerprint density at radius 2 is 0.806 bits per heavy atom. The first-order chi connectivity index (χ1) is 17.2. The van der Waals surface area contributed by atoms with Crippen LogP contribution in [0.4, 0.5) is 0 Å².